The van der Waals surface area contributed by atoms with Crippen LogP contribution < -0.4 is 15.4 Å². The van der Waals surface area contributed by atoms with E-state index >= 15 is 0 Å². The third kappa shape index (κ3) is 5.04. The van der Waals surface area contributed by atoms with Gasteiger partial charge in [0.15, 0.2) is 11.7 Å². The van der Waals surface area contributed by atoms with E-state index in [2.05, 4.69) is 29.5 Å². The van der Waals surface area contributed by atoms with Crippen molar-refractivity contribution in [3.63, 3.8) is 0 Å². The van der Waals surface area contributed by atoms with Gasteiger partial charge in [0.25, 0.3) is 5.91 Å². The number of amides is 2. The Bertz CT molecular complexity index is 982. The molecule has 0 spiro atoms. The molecule has 0 radical (unpaired) electrons. The molecule has 27 heavy (non-hydrogen) atoms. The van der Waals surface area contributed by atoms with Crippen LogP contribution in [-0.2, 0) is 9.59 Å². The van der Waals surface area contributed by atoms with Gasteiger partial charge in [0.1, 0.15) is 5.75 Å². The summed E-state index contributed by atoms with van der Waals surface area (Å²) in [5.41, 5.74) is 2.62. The first-order valence-corrected chi connectivity index (χ1v) is 9.43. The number of fused-ring (bicyclic) bond motifs is 1. The number of hydrogen-bond acceptors (Lipinski definition) is 5. The second kappa shape index (κ2) is 8.18. The second-order valence-electron chi connectivity index (χ2n) is 6.45. The minimum Gasteiger partial charge on any atom is -0.484 e. The van der Waals surface area contributed by atoms with Gasteiger partial charge in [-0.3, -0.25) is 14.9 Å². The third-order valence-corrected chi connectivity index (χ3v) is 4.78. The van der Waals surface area contributed by atoms with Gasteiger partial charge in [-0.2, -0.15) is 0 Å². The first-order valence-electron chi connectivity index (χ1n) is 8.61. The highest BCUT2D eigenvalue weighted by atomic mass is 32.1. The number of carbonyl (C=O) groups excluding carboxylic acids is 2. The van der Waals surface area contributed by atoms with Crippen LogP contribution in [0, 0.1) is 0 Å². The Morgan fingerprint density at radius 3 is 2.70 bits per heavy atom. The molecule has 3 aromatic rings. The van der Waals surface area contributed by atoms with Crippen LogP contribution in [0.3, 0.4) is 0 Å². The Morgan fingerprint density at radius 2 is 1.96 bits per heavy atom. The zero-order valence-corrected chi connectivity index (χ0v) is 16.2. The molecule has 1 heterocycles. The number of benzene rings is 2. The fourth-order valence-electron chi connectivity index (χ4n) is 2.53. The van der Waals surface area contributed by atoms with Gasteiger partial charge in [0, 0.05) is 12.6 Å². The molecule has 2 N–H and O–H groups in total. The number of nitrogens with zero attached hydrogens (tertiary/aromatic N) is 1. The largest absolute Gasteiger partial charge is 0.484 e. The number of ether oxygens (including phenoxy) is 1. The van der Waals surface area contributed by atoms with E-state index in [1.54, 1.807) is 12.1 Å². The van der Waals surface area contributed by atoms with Crippen LogP contribution >= 0.6 is 11.3 Å². The van der Waals surface area contributed by atoms with Crippen LogP contribution in [0.5, 0.6) is 5.75 Å². The fraction of sp³-hybridized carbons (Fsp3) is 0.250. The molecule has 0 saturated carbocycles. The lowest BCUT2D eigenvalue weighted by Gasteiger charge is -2.09. The number of anilines is 2. The third-order valence-electron chi connectivity index (χ3n) is 3.85. The zero-order valence-electron chi connectivity index (χ0n) is 15.4. The van der Waals surface area contributed by atoms with Crippen molar-refractivity contribution in [2.75, 3.05) is 17.2 Å². The molecule has 3 rings (SSSR count). The Kier molecular flexibility index (Phi) is 5.71. The number of rotatable bonds is 6. The van der Waals surface area contributed by atoms with Gasteiger partial charge in [-0.25, -0.2) is 4.98 Å². The van der Waals surface area contributed by atoms with Gasteiger partial charge in [-0.1, -0.05) is 37.3 Å². The van der Waals surface area contributed by atoms with Crippen molar-refractivity contribution >= 4 is 44.2 Å². The Hall–Kier alpha value is -2.93. The smallest absolute Gasteiger partial charge is 0.264 e. The minimum atomic E-state index is -0.272. The van der Waals surface area contributed by atoms with E-state index in [9.17, 15) is 9.59 Å². The SMILES string of the molecule is CC(=O)Nc1ccc2nc(NC(=O)COc3cccc(C(C)C)c3)sc2c1. The fourth-order valence-corrected chi connectivity index (χ4v) is 3.45. The highest BCUT2D eigenvalue weighted by Crippen LogP contribution is 2.28. The predicted molar refractivity (Wildman–Crippen MR) is 109 cm³/mol. The number of thiazole rings is 1. The van der Waals surface area contributed by atoms with Crippen molar-refractivity contribution < 1.29 is 14.3 Å². The molecule has 1 aromatic heterocycles. The molecule has 140 valence electrons. The van der Waals surface area contributed by atoms with Crippen molar-refractivity contribution in [2.45, 2.75) is 26.7 Å². The summed E-state index contributed by atoms with van der Waals surface area (Å²) >= 11 is 1.34. The normalized spacial score (nSPS) is 10.8. The molecule has 0 fully saturated rings. The quantitative estimate of drug-likeness (QED) is 0.661. The Labute approximate surface area is 161 Å². The van der Waals surface area contributed by atoms with Gasteiger partial charge >= 0.3 is 0 Å². The van der Waals surface area contributed by atoms with E-state index in [4.69, 9.17) is 4.74 Å². The lowest BCUT2D eigenvalue weighted by Crippen LogP contribution is -2.20. The van der Waals surface area contributed by atoms with E-state index in [0.29, 0.717) is 22.5 Å². The molecular weight excluding hydrogens is 362 g/mol. The van der Waals surface area contributed by atoms with Crippen LogP contribution in [0.2, 0.25) is 0 Å². The molecule has 2 aromatic carbocycles. The summed E-state index contributed by atoms with van der Waals surface area (Å²) in [6.45, 7) is 5.58. The van der Waals surface area contributed by atoms with Crippen LogP contribution in [0.4, 0.5) is 10.8 Å². The van der Waals surface area contributed by atoms with Gasteiger partial charge in [-0.15, -0.1) is 0 Å². The highest BCUT2D eigenvalue weighted by Gasteiger charge is 2.10. The molecular formula is C20H21N3O3S. The van der Waals surface area contributed by atoms with Gasteiger partial charge in [0.05, 0.1) is 10.2 Å². The molecule has 2 amide bonds. The average molecular weight is 383 g/mol. The van der Waals surface area contributed by atoms with Gasteiger partial charge in [0.2, 0.25) is 5.91 Å². The maximum Gasteiger partial charge on any atom is 0.264 e. The lowest BCUT2D eigenvalue weighted by molar-refractivity contribution is -0.118. The summed E-state index contributed by atoms with van der Waals surface area (Å²) in [5, 5.41) is 5.98. The molecule has 0 aliphatic heterocycles. The van der Waals surface area contributed by atoms with Crippen molar-refractivity contribution in [2.24, 2.45) is 0 Å². The maximum atomic E-state index is 12.2. The van der Waals surface area contributed by atoms with E-state index in [-0.39, 0.29) is 18.4 Å². The molecule has 6 nitrogen and oxygen atoms in total. The standard InChI is InChI=1S/C20H21N3O3S/c1-12(2)14-5-4-6-16(9-14)26-11-19(25)23-20-22-17-8-7-15(21-13(3)24)10-18(17)27-20/h4-10,12H,11H2,1-3H3,(H,21,24)(H,22,23,25). The molecule has 0 saturated heterocycles. The summed E-state index contributed by atoms with van der Waals surface area (Å²) < 4.78 is 6.46. The summed E-state index contributed by atoms with van der Waals surface area (Å²) in [4.78, 5) is 27.7. The predicted octanol–water partition coefficient (Wildman–Crippen LogP) is 4.40. The number of hydrogen-bond donors (Lipinski definition) is 2. The average Bonchev–Trinajstić information content (AvgIpc) is 3.01. The summed E-state index contributed by atoms with van der Waals surface area (Å²) in [6, 6.07) is 13.1. The lowest BCUT2D eigenvalue weighted by atomic mass is 10.0. The minimum absolute atomic E-state index is 0.0887. The van der Waals surface area contributed by atoms with Crippen molar-refractivity contribution in [1.29, 1.82) is 0 Å². The molecule has 0 unspecified atom stereocenters. The monoisotopic (exact) mass is 383 g/mol. The number of carbonyl (C=O) groups is 2. The maximum absolute atomic E-state index is 12.2. The number of nitrogens with one attached hydrogen (secondary N) is 2. The molecule has 0 aliphatic rings. The summed E-state index contributed by atoms with van der Waals surface area (Å²) in [6.07, 6.45) is 0. The first kappa shape index (κ1) is 18.8. The van der Waals surface area contributed by atoms with E-state index in [1.165, 1.54) is 18.3 Å². The van der Waals surface area contributed by atoms with Crippen LogP contribution in [0.25, 0.3) is 10.2 Å². The Morgan fingerprint density at radius 1 is 1.15 bits per heavy atom. The molecule has 0 atom stereocenters. The van der Waals surface area contributed by atoms with Crippen molar-refractivity contribution in [1.82, 2.24) is 4.98 Å². The molecule has 7 heteroatoms. The number of aromatic nitrogens is 1. The van der Waals surface area contributed by atoms with Gasteiger partial charge in [-0.05, 0) is 41.8 Å². The molecule has 0 aliphatic carbocycles. The van der Waals surface area contributed by atoms with Crippen molar-refractivity contribution in [3.8, 4) is 5.75 Å². The van der Waals surface area contributed by atoms with Crippen LogP contribution in [-0.4, -0.2) is 23.4 Å². The van der Waals surface area contributed by atoms with Crippen LogP contribution in [0.15, 0.2) is 42.5 Å². The van der Waals surface area contributed by atoms with Crippen molar-refractivity contribution in [3.05, 3.63) is 48.0 Å². The zero-order chi connectivity index (χ0) is 19.4. The van der Waals surface area contributed by atoms with E-state index < -0.39 is 0 Å². The van der Waals surface area contributed by atoms with Gasteiger partial charge < -0.3 is 10.1 Å². The van der Waals surface area contributed by atoms with E-state index in [0.717, 1.165) is 15.8 Å². The summed E-state index contributed by atoms with van der Waals surface area (Å²) in [7, 11) is 0. The highest BCUT2D eigenvalue weighted by molar-refractivity contribution is 7.22. The molecule has 0 bridgehead atoms. The summed E-state index contributed by atoms with van der Waals surface area (Å²) in [5.74, 6) is 0.658. The topological polar surface area (TPSA) is 80.3 Å². The first-order chi connectivity index (χ1) is 12.9. The van der Waals surface area contributed by atoms with Crippen LogP contribution in [0.1, 0.15) is 32.3 Å². The van der Waals surface area contributed by atoms with E-state index in [1.807, 2.05) is 30.3 Å². The second-order valence-corrected chi connectivity index (χ2v) is 7.48. The Balaban J connectivity index is 1.62.